The van der Waals surface area contributed by atoms with E-state index in [0.29, 0.717) is 6.42 Å². The van der Waals surface area contributed by atoms with Crippen LogP contribution in [0.5, 0.6) is 0 Å². The summed E-state index contributed by atoms with van der Waals surface area (Å²) in [6, 6.07) is 12.3. The highest BCUT2D eigenvalue weighted by molar-refractivity contribution is 5.97. The zero-order valence-electron chi connectivity index (χ0n) is 12.8. The van der Waals surface area contributed by atoms with Crippen LogP contribution in [0.25, 0.3) is 0 Å². The number of aryl methyl sites for hydroxylation is 3. The Balaban J connectivity index is 2.15. The first-order valence-corrected chi connectivity index (χ1v) is 7.15. The average molecular weight is 266 g/mol. The van der Waals surface area contributed by atoms with Crippen molar-refractivity contribution in [3.05, 3.63) is 69.8 Å². The quantitative estimate of drug-likeness (QED) is 0.731. The minimum atomic E-state index is 0.244. The third-order valence-corrected chi connectivity index (χ3v) is 4.15. The van der Waals surface area contributed by atoms with E-state index in [0.717, 1.165) is 17.5 Å². The molecule has 1 heteroatoms. The summed E-state index contributed by atoms with van der Waals surface area (Å²) >= 11 is 0. The molecule has 2 aromatic carbocycles. The molecule has 0 radical (unpaired) electrons. The number of carbonyl (C=O) groups excluding carboxylic acids is 1. The monoisotopic (exact) mass is 266 g/mol. The molecule has 2 rings (SSSR count). The Bertz CT molecular complexity index is 618. The summed E-state index contributed by atoms with van der Waals surface area (Å²) in [5.41, 5.74) is 7.03. The van der Waals surface area contributed by atoms with Gasteiger partial charge in [0.25, 0.3) is 0 Å². The fourth-order valence-electron chi connectivity index (χ4n) is 2.67. The van der Waals surface area contributed by atoms with Gasteiger partial charge < -0.3 is 0 Å². The van der Waals surface area contributed by atoms with Crippen LogP contribution in [-0.4, -0.2) is 5.78 Å². The molecule has 0 aromatic heterocycles. The summed E-state index contributed by atoms with van der Waals surface area (Å²) in [5, 5.41) is 0. The van der Waals surface area contributed by atoms with Crippen LogP contribution in [-0.2, 0) is 6.42 Å². The molecule has 0 N–H and O–H groups in total. The largest absolute Gasteiger partial charge is 0.294 e. The van der Waals surface area contributed by atoms with Crippen molar-refractivity contribution in [3.8, 4) is 0 Å². The summed E-state index contributed by atoms with van der Waals surface area (Å²) in [4.78, 5) is 12.4. The van der Waals surface area contributed by atoms with Crippen molar-refractivity contribution in [1.29, 1.82) is 0 Å². The van der Waals surface area contributed by atoms with Gasteiger partial charge in [0.1, 0.15) is 0 Å². The van der Waals surface area contributed by atoms with Crippen LogP contribution in [0, 0.1) is 27.7 Å². The number of ketones is 1. The molecular formula is C19H22O. The molecule has 0 bridgehead atoms. The highest BCUT2D eigenvalue weighted by Gasteiger charge is 2.11. The number of benzene rings is 2. The van der Waals surface area contributed by atoms with Crippen LogP contribution in [0.1, 0.15) is 44.6 Å². The van der Waals surface area contributed by atoms with Gasteiger partial charge in [-0.15, -0.1) is 0 Å². The van der Waals surface area contributed by atoms with Gasteiger partial charge in [-0.3, -0.25) is 4.79 Å². The maximum Gasteiger partial charge on any atom is 0.163 e. The predicted octanol–water partition coefficient (Wildman–Crippen LogP) is 4.74. The molecule has 0 aliphatic heterocycles. The molecule has 0 spiro atoms. The Morgan fingerprint density at radius 2 is 1.40 bits per heavy atom. The summed E-state index contributed by atoms with van der Waals surface area (Å²) in [7, 11) is 0. The predicted molar refractivity (Wildman–Crippen MR) is 84.5 cm³/mol. The van der Waals surface area contributed by atoms with Gasteiger partial charge in [0.05, 0.1) is 0 Å². The van der Waals surface area contributed by atoms with E-state index in [4.69, 9.17) is 0 Å². The maximum atomic E-state index is 12.4. The fourth-order valence-corrected chi connectivity index (χ4v) is 2.67. The second-order valence-corrected chi connectivity index (χ2v) is 5.54. The van der Waals surface area contributed by atoms with Crippen LogP contribution in [0.2, 0.25) is 0 Å². The van der Waals surface area contributed by atoms with Crippen molar-refractivity contribution in [2.24, 2.45) is 0 Å². The topological polar surface area (TPSA) is 17.1 Å². The van der Waals surface area contributed by atoms with Crippen molar-refractivity contribution in [1.82, 2.24) is 0 Å². The van der Waals surface area contributed by atoms with Crippen molar-refractivity contribution in [2.45, 2.75) is 40.5 Å². The maximum absolute atomic E-state index is 12.4. The SMILES string of the molecule is Cc1cccc(C(=O)CCc2c(C)cccc2C)c1C. The molecule has 0 saturated heterocycles. The Labute approximate surface area is 121 Å². The summed E-state index contributed by atoms with van der Waals surface area (Å²) < 4.78 is 0. The van der Waals surface area contributed by atoms with Gasteiger partial charge in [-0.2, -0.15) is 0 Å². The zero-order chi connectivity index (χ0) is 14.7. The molecule has 1 nitrogen and oxygen atoms in total. The molecule has 0 fully saturated rings. The lowest BCUT2D eigenvalue weighted by atomic mass is 9.93. The molecule has 0 atom stereocenters. The van der Waals surface area contributed by atoms with E-state index in [-0.39, 0.29) is 5.78 Å². The number of Topliss-reactive ketones (excluding diaryl/α,β-unsaturated/α-hetero) is 1. The van der Waals surface area contributed by atoms with E-state index >= 15 is 0 Å². The van der Waals surface area contributed by atoms with Gasteiger partial charge in [0, 0.05) is 12.0 Å². The van der Waals surface area contributed by atoms with Crippen molar-refractivity contribution in [3.63, 3.8) is 0 Å². The first kappa shape index (κ1) is 14.5. The molecule has 104 valence electrons. The first-order chi connectivity index (χ1) is 9.50. The third kappa shape index (κ3) is 2.98. The van der Waals surface area contributed by atoms with Crippen LogP contribution in [0.4, 0.5) is 0 Å². The summed E-state index contributed by atoms with van der Waals surface area (Å²) in [5.74, 6) is 0.244. The molecular weight excluding hydrogens is 244 g/mol. The summed E-state index contributed by atoms with van der Waals surface area (Å²) in [6.07, 6.45) is 1.40. The summed E-state index contributed by atoms with van der Waals surface area (Å²) in [6.45, 7) is 8.31. The Morgan fingerprint density at radius 3 is 2.05 bits per heavy atom. The Morgan fingerprint density at radius 1 is 0.850 bits per heavy atom. The fraction of sp³-hybridized carbons (Fsp3) is 0.316. The Hall–Kier alpha value is -1.89. The average Bonchev–Trinajstić information content (AvgIpc) is 2.41. The second kappa shape index (κ2) is 6.04. The van der Waals surface area contributed by atoms with Crippen LogP contribution in [0.3, 0.4) is 0 Å². The number of rotatable bonds is 4. The van der Waals surface area contributed by atoms with Crippen LogP contribution < -0.4 is 0 Å². The van der Waals surface area contributed by atoms with Crippen molar-refractivity contribution < 1.29 is 4.79 Å². The first-order valence-electron chi connectivity index (χ1n) is 7.15. The van der Waals surface area contributed by atoms with Gasteiger partial charge in [-0.25, -0.2) is 0 Å². The van der Waals surface area contributed by atoms with Gasteiger partial charge in [-0.05, 0) is 61.9 Å². The number of hydrogen-bond acceptors (Lipinski definition) is 1. The van der Waals surface area contributed by atoms with E-state index in [1.54, 1.807) is 0 Å². The van der Waals surface area contributed by atoms with Gasteiger partial charge >= 0.3 is 0 Å². The lowest BCUT2D eigenvalue weighted by Gasteiger charge is -2.11. The molecule has 0 aliphatic rings. The molecule has 0 aliphatic carbocycles. The lowest BCUT2D eigenvalue weighted by molar-refractivity contribution is 0.0982. The standard InChI is InChI=1S/C19H22O/c1-13-7-6-10-18(16(13)4)19(20)12-11-17-14(2)8-5-9-15(17)3/h5-10H,11-12H2,1-4H3. The normalized spacial score (nSPS) is 10.6. The molecule has 0 saturated carbocycles. The second-order valence-electron chi connectivity index (χ2n) is 5.54. The lowest BCUT2D eigenvalue weighted by Crippen LogP contribution is -2.06. The van der Waals surface area contributed by atoms with Crippen LogP contribution >= 0.6 is 0 Å². The van der Waals surface area contributed by atoms with Crippen molar-refractivity contribution in [2.75, 3.05) is 0 Å². The third-order valence-electron chi connectivity index (χ3n) is 4.15. The number of carbonyl (C=O) groups is 1. The molecule has 20 heavy (non-hydrogen) atoms. The van der Waals surface area contributed by atoms with E-state index in [9.17, 15) is 4.79 Å². The Kier molecular flexibility index (Phi) is 4.39. The zero-order valence-corrected chi connectivity index (χ0v) is 12.8. The van der Waals surface area contributed by atoms with Gasteiger partial charge in [0.2, 0.25) is 0 Å². The van der Waals surface area contributed by atoms with Crippen molar-refractivity contribution >= 4 is 5.78 Å². The van der Waals surface area contributed by atoms with Gasteiger partial charge in [-0.1, -0.05) is 36.4 Å². The smallest absolute Gasteiger partial charge is 0.163 e. The van der Waals surface area contributed by atoms with E-state index in [2.05, 4.69) is 45.0 Å². The molecule has 0 heterocycles. The highest BCUT2D eigenvalue weighted by atomic mass is 16.1. The van der Waals surface area contributed by atoms with E-state index in [1.165, 1.54) is 22.3 Å². The van der Waals surface area contributed by atoms with Gasteiger partial charge in [0.15, 0.2) is 5.78 Å². The van der Waals surface area contributed by atoms with E-state index in [1.807, 2.05) is 19.1 Å². The minimum Gasteiger partial charge on any atom is -0.294 e. The highest BCUT2D eigenvalue weighted by Crippen LogP contribution is 2.19. The van der Waals surface area contributed by atoms with Crippen LogP contribution in [0.15, 0.2) is 36.4 Å². The minimum absolute atomic E-state index is 0.244. The number of hydrogen-bond donors (Lipinski definition) is 0. The van der Waals surface area contributed by atoms with E-state index < -0.39 is 0 Å². The molecule has 0 amide bonds. The molecule has 0 unspecified atom stereocenters. The molecule has 2 aromatic rings.